The molecule has 0 aliphatic carbocycles. The minimum Gasteiger partial charge on any atom is -0.396 e. The minimum atomic E-state index is -1.09. The lowest BCUT2D eigenvalue weighted by atomic mass is 9.62. The van der Waals surface area contributed by atoms with E-state index in [0.717, 1.165) is 31.4 Å². The Kier molecular flexibility index (Phi) is 10.5. The van der Waals surface area contributed by atoms with Crippen LogP contribution in [0.2, 0.25) is 0 Å². The Morgan fingerprint density at radius 2 is 1.79 bits per heavy atom. The van der Waals surface area contributed by atoms with Crippen LogP contribution in [0.4, 0.5) is 5.69 Å². The molecule has 1 aromatic carbocycles. The molecule has 2 bridgehead atoms. The standard InChI is InChI=1S/C35H51N3O5/c1-7-17-26(5)36(20-8-2)33(42)30-35-24-25(4)34(6,43-35)28(29(35)32(41)38(30)22-15-10-11-16-23-39)31(40)37(21-9-3)27-18-13-12-14-19-27/h8-9,12-14,18-19,25-26,28-30,39H,2-3,7,10-11,15-17,20-24H2,1,4-6H3/t25?,26?,28-,29-,30?,34+,35?/m0/s1. The number of anilines is 1. The number of rotatable bonds is 16. The van der Waals surface area contributed by atoms with E-state index in [0.29, 0.717) is 38.9 Å². The highest BCUT2D eigenvalue weighted by Crippen LogP contribution is 2.65. The summed E-state index contributed by atoms with van der Waals surface area (Å²) in [5.41, 5.74) is -1.24. The van der Waals surface area contributed by atoms with Gasteiger partial charge in [0, 0.05) is 38.0 Å². The fraction of sp³-hybridized carbons (Fsp3) is 0.629. The van der Waals surface area contributed by atoms with Crippen LogP contribution in [-0.2, 0) is 19.1 Å². The molecule has 3 fully saturated rings. The summed E-state index contributed by atoms with van der Waals surface area (Å²) in [4.78, 5) is 49.1. The monoisotopic (exact) mass is 593 g/mol. The first-order valence-corrected chi connectivity index (χ1v) is 16.1. The number of hydrogen-bond acceptors (Lipinski definition) is 5. The maximum absolute atomic E-state index is 14.7. The molecule has 3 saturated heterocycles. The van der Waals surface area contributed by atoms with Crippen molar-refractivity contribution in [3.63, 3.8) is 0 Å². The molecule has 3 heterocycles. The Labute approximate surface area is 257 Å². The average molecular weight is 594 g/mol. The SMILES string of the molecule is C=CCN(C(=O)[C@@H]1[C@H]2C(=O)N(CCCCCCO)C(C(=O)N(CC=C)C(C)CCC)C23CC(C)[C@@]1(C)O3)c1ccccc1. The minimum absolute atomic E-state index is 0.0299. The highest BCUT2D eigenvalue weighted by Gasteiger charge is 2.80. The fourth-order valence-corrected chi connectivity index (χ4v) is 7.97. The molecule has 1 N–H and O–H groups in total. The third kappa shape index (κ3) is 5.80. The van der Waals surface area contributed by atoms with E-state index in [-0.39, 0.29) is 36.3 Å². The van der Waals surface area contributed by atoms with Gasteiger partial charge in [0.15, 0.2) is 0 Å². The first-order chi connectivity index (χ1) is 20.6. The number of aliphatic hydroxyl groups is 1. The molecule has 3 aliphatic heterocycles. The van der Waals surface area contributed by atoms with E-state index in [1.807, 2.05) is 49.1 Å². The van der Waals surface area contributed by atoms with Gasteiger partial charge in [-0.15, -0.1) is 13.2 Å². The normalized spacial score (nSPS) is 29.8. The van der Waals surface area contributed by atoms with Gasteiger partial charge in [-0.1, -0.05) is 63.5 Å². The number of hydrogen-bond donors (Lipinski definition) is 1. The first-order valence-electron chi connectivity index (χ1n) is 16.1. The topological polar surface area (TPSA) is 90.4 Å². The Bertz CT molecular complexity index is 1170. The fourth-order valence-electron chi connectivity index (χ4n) is 7.97. The van der Waals surface area contributed by atoms with Crippen LogP contribution < -0.4 is 4.90 Å². The maximum Gasteiger partial charge on any atom is 0.248 e. The van der Waals surface area contributed by atoms with Crippen LogP contribution >= 0.6 is 0 Å². The predicted molar refractivity (Wildman–Crippen MR) is 169 cm³/mol. The Balaban J connectivity index is 1.78. The predicted octanol–water partition coefficient (Wildman–Crippen LogP) is 4.97. The molecule has 236 valence electrons. The molecule has 1 aromatic rings. The third-order valence-electron chi connectivity index (χ3n) is 10.1. The maximum atomic E-state index is 14.7. The zero-order valence-electron chi connectivity index (χ0n) is 26.5. The largest absolute Gasteiger partial charge is 0.396 e. The average Bonchev–Trinajstić information content (AvgIpc) is 3.50. The molecule has 3 aliphatic rings. The van der Waals surface area contributed by atoms with Gasteiger partial charge in [-0.05, 0) is 57.6 Å². The second kappa shape index (κ2) is 13.8. The molecule has 1 spiro atoms. The van der Waals surface area contributed by atoms with Gasteiger partial charge in [-0.2, -0.15) is 0 Å². The Hall–Kier alpha value is -2.97. The first kappa shape index (κ1) is 32.9. The van der Waals surface area contributed by atoms with E-state index in [9.17, 15) is 19.5 Å². The molecule has 0 saturated carbocycles. The van der Waals surface area contributed by atoms with Crippen molar-refractivity contribution < 1.29 is 24.2 Å². The van der Waals surface area contributed by atoms with Crippen molar-refractivity contribution in [3.8, 4) is 0 Å². The van der Waals surface area contributed by atoms with Gasteiger partial charge in [0.1, 0.15) is 11.6 Å². The Morgan fingerprint density at radius 1 is 1.12 bits per heavy atom. The van der Waals surface area contributed by atoms with Crippen molar-refractivity contribution in [2.24, 2.45) is 17.8 Å². The molecule has 8 heteroatoms. The Morgan fingerprint density at radius 3 is 2.42 bits per heavy atom. The summed E-state index contributed by atoms with van der Waals surface area (Å²) < 4.78 is 6.99. The van der Waals surface area contributed by atoms with E-state index in [2.05, 4.69) is 27.0 Å². The molecule has 4 unspecified atom stereocenters. The van der Waals surface area contributed by atoms with Crippen molar-refractivity contribution in [2.75, 3.05) is 31.1 Å². The van der Waals surface area contributed by atoms with Gasteiger partial charge in [-0.25, -0.2) is 0 Å². The molecule has 4 rings (SSSR count). The summed E-state index contributed by atoms with van der Waals surface area (Å²) in [6, 6.07) is 8.62. The van der Waals surface area contributed by atoms with E-state index >= 15 is 0 Å². The number of para-hydroxylation sites is 1. The van der Waals surface area contributed by atoms with Gasteiger partial charge in [0.2, 0.25) is 17.7 Å². The molecule has 0 aromatic heterocycles. The molecule has 3 amide bonds. The molecule has 43 heavy (non-hydrogen) atoms. The number of benzene rings is 1. The van der Waals surface area contributed by atoms with Crippen molar-refractivity contribution in [2.45, 2.75) is 95.9 Å². The zero-order valence-corrected chi connectivity index (χ0v) is 26.5. The number of carbonyl (C=O) groups excluding carboxylic acids is 3. The lowest BCUT2D eigenvalue weighted by Crippen LogP contribution is -2.58. The number of likely N-dealkylation sites (tertiary alicyclic amines) is 1. The number of amides is 3. The summed E-state index contributed by atoms with van der Waals surface area (Å²) >= 11 is 0. The summed E-state index contributed by atoms with van der Waals surface area (Å²) in [7, 11) is 0. The van der Waals surface area contributed by atoms with E-state index < -0.39 is 29.1 Å². The lowest BCUT2D eigenvalue weighted by Gasteiger charge is -2.40. The van der Waals surface area contributed by atoms with E-state index in [4.69, 9.17) is 4.74 Å². The number of ether oxygens (including phenoxy) is 1. The molecular weight excluding hydrogens is 542 g/mol. The summed E-state index contributed by atoms with van der Waals surface area (Å²) in [6.07, 6.45) is 8.84. The molecular formula is C35H51N3O5. The van der Waals surface area contributed by atoms with Crippen molar-refractivity contribution in [1.82, 2.24) is 9.80 Å². The van der Waals surface area contributed by atoms with Gasteiger partial charge < -0.3 is 24.5 Å². The van der Waals surface area contributed by atoms with Crippen molar-refractivity contribution in [1.29, 1.82) is 0 Å². The number of aliphatic hydroxyl groups excluding tert-OH is 1. The van der Waals surface area contributed by atoms with Crippen LogP contribution in [0, 0.1) is 17.8 Å². The quantitative estimate of drug-likeness (QED) is 0.216. The summed E-state index contributed by atoms with van der Waals surface area (Å²) in [6.45, 7) is 17.2. The van der Waals surface area contributed by atoms with Crippen LogP contribution in [0.1, 0.15) is 72.6 Å². The lowest BCUT2D eigenvalue weighted by molar-refractivity contribution is -0.153. The zero-order chi connectivity index (χ0) is 31.4. The summed E-state index contributed by atoms with van der Waals surface area (Å²) in [5.74, 6) is -1.98. The van der Waals surface area contributed by atoms with Crippen molar-refractivity contribution >= 4 is 23.4 Å². The smallest absolute Gasteiger partial charge is 0.248 e. The van der Waals surface area contributed by atoms with Gasteiger partial charge in [-0.3, -0.25) is 14.4 Å². The highest BCUT2D eigenvalue weighted by molar-refractivity contribution is 6.03. The number of fused-ring (bicyclic) bond motifs is 1. The second-order valence-corrected chi connectivity index (χ2v) is 12.9. The summed E-state index contributed by atoms with van der Waals surface area (Å²) in [5, 5.41) is 9.23. The van der Waals surface area contributed by atoms with Crippen LogP contribution in [0.5, 0.6) is 0 Å². The van der Waals surface area contributed by atoms with Crippen LogP contribution in [0.25, 0.3) is 0 Å². The highest BCUT2D eigenvalue weighted by atomic mass is 16.5. The number of unbranched alkanes of at least 4 members (excludes halogenated alkanes) is 3. The molecule has 0 radical (unpaired) electrons. The van der Waals surface area contributed by atoms with E-state index in [1.165, 1.54) is 0 Å². The van der Waals surface area contributed by atoms with Crippen LogP contribution in [0.3, 0.4) is 0 Å². The van der Waals surface area contributed by atoms with Gasteiger partial charge >= 0.3 is 0 Å². The second-order valence-electron chi connectivity index (χ2n) is 12.9. The van der Waals surface area contributed by atoms with Gasteiger partial charge in [0.25, 0.3) is 0 Å². The molecule has 7 atom stereocenters. The van der Waals surface area contributed by atoms with E-state index in [1.54, 1.807) is 22.0 Å². The number of nitrogens with zero attached hydrogens (tertiary/aromatic N) is 3. The molecule has 8 nitrogen and oxygen atoms in total. The van der Waals surface area contributed by atoms with Crippen LogP contribution in [0.15, 0.2) is 55.6 Å². The number of carbonyl (C=O) groups is 3. The third-order valence-corrected chi connectivity index (χ3v) is 10.1. The van der Waals surface area contributed by atoms with Crippen LogP contribution in [-0.4, -0.2) is 82.2 Å². The van der Waals surface area contributed by atoms with Crippen molar-refractivity contribution in [3.05, 3.63) is 55.6 Å². The van der Waals surface area contributed by atoms with Gasteiger partial charge in [0.05, 0.1) is 17.4 Å².